The zero-order valence-corrected chi connectivity index (χ0v) is 13.6. The lowest BCUT2D eigenvalue weighted by molar-refractivity contribution is 0.0606. The van der Waals surface area contributed by atoms with E-state index in [0.717, 1.165) is 42.5 Å². The monoisotopic (exact) mass is 322 g/mol. The van der Waals surface area contributed by atoms with Gasteiger partial charge in [-0.15, -0.1) is 11.3 Å². The molecular formula is C19H18N2OS. The second-order valence-corrected chi connectivity index (χ2v) is 6.89. The highest BCUT2D eigenvalue weighted by Gasteiger charge is 2.29. The standard InChI is InChI=1S/C19H18N2OS/c22-19(15-7-8-18-14(13-15)9-12-23-18)21-11-4-2-6-17(21)16-5-1-3-10-20-16/h1,3,5,7-10,12-13,17H,2,4,6,11H2. The van der Waals surface area contributed by atoms with Crippen molar-refractivity contribution in [2.24, 2.45) is 0 Å². The minimum Gasteiger partial charge on any atom is -0.330 e. The Labute approximate surface area is 139 Å². The molecule has 1 atom stereocenters. The lowest BCUT2D eigenvalue weighted by Gasteiger charge is -2.35. The van der Waals surface area contributed by atoms with Gasteiger partial charge in [0.1, 0.15) is 0 Å². The lowest BCUT2D eigenvalue weighted by atomic mass is 9.97. The van der Waals surface area contributed by atoms with Crippen molar-refractivity contribution in [1.29, 1.82) is 0 Å². The first-order chi connectivity index (χ1) is 11.3. The summed E-state index contributed by atoms with van der Waals surface area (Å²) in [6.07, 6.45) is 5.01. The van der Waals surface area contributed by atoms with E-state index in [0.29, 0.717) is 0 Å². The molecule has 1 saturated heterocycles. The second kappa shape index (κ2) is 6.13. The number of thiophene rings is 1. The fraction of sp³-hybridized carbons (Fsp3) is 0.263. The number of rotatable bonds is 2. The molecule has 2 aromatic heterocycles. The molecule has 4 rings (SSSR count). The van der Waals surface area contributed by atoms with Crippen molar-refractivity contribution in [3.05, 3.63) is 65.3 Å². The Morgan fingerprint density at radius 2 is 2.13 bits per heavy atom. The predicted molar refractivity (Wildman–Crippen MR) is 93.7 cm³/mol. The molecule has 0 bridgehead atoms. The number of carbonyl (C=O) groups excluding carboxylic acids is 1. The van der Waals surface area contributed by atoms with Gasteiger partial charge in [0.2, 0.25) is 0 Å². The third-order valence-corrected chi connectivity index (χ3v) is 5.39. The van der Waals surface area contributed by atoms with E-state index in [1.807, 2.05) is 47.5 Å². The fourth-order valence-electron chi connectivity index (χ4n) is 3.32. The molecule has 0 aliphatic carbocycles. The second-order valence-electron chi connectivity index (χ2n) is 5.94. The van der Waals surface area contributed by atoms with Gasteiger partial charge < -0.3 is 4.90 Å². The molecule has 1 unspecified atom stereocenters. The quantitative estimate of drug-likeness (QED) is 0.687. The molecule has 1 fully saturated rings. The van der Waals surface area contributed by atoms with Gasteiger partial charge in [0.25, 0.3) is 5.91 Å². The number of benzene rings is 1. The van der Waals surface area contributed by atoms with E-state index in [2.05, 4.69) is 16.4 Å². The van der Waals surface area contributed by atoms with Gasteiger partial charge in [-0.25, -0.2) is 0 Å². The molecule has 0 spiro atoms. The van der Waals surface area contributed by atoms with Crippen LogP contribution in [0.2, 0.25) is 0 Å². The maximum Gasteiger partial charge on any atom is 0.254 e. The van der Waals surface area contributed by atoms with Gasteiger partial charge in [0, 0.05) is 23.0 Å². The van der Waals surface area contributed by atoms with Crippen molar-refractivity contribution in [1.82, 2.24) is 9.88 Å². The molecule has 1 aliphatic heterocycles. The van der Waals surface area contributed by atoms with Crippen LogP contribution in [0.15, 0.2) is 54.0 Å². The molecule has 0 radical (unpaired) electrons. The Morgan fingerprint density at radius 1 is 1.17 bits per heavy atom. The predicted octanol–water partition coefficient (Wildman–Crippen LogP) is 4.66. The van der Waals surface area contributed by atoms with Crippen LogP contribution in [0.3, 0.4) is 0 Å². The van der Waals surface area contributed by atoms with Crippen molar-refractivity contribution in [2.45, 2.75) is 25.3 Å². The molecule has 4 heteroatoms. The summed E-state index contributed by atoms with van der Waals surface area (Å²) in [7, 11) is 0. The minimum atomic E-state index is 0.0932. The van der Waals surface area contributed by atoms with Gasteiger partial charge in [-0.1, -0.05) is 6.07 Å². The van der Waals surface area contributed by atoms with Crippen LogP contribution in [0.1, 0.15) is 41.4 Å². The average molecular weight is 322 g/mol. The summed E-state index contributed by atoms with van der Waals surface area (Å²) in [5.74, 6) is 0.119. The molecule has 3 aromatic rings. The van der Waals surface area contributed by atoms with E-state index < -0.39 is 0 Å². The van der Waals surface area contributed by atoms with Crippen LogP contribution in [0.5, 0.6) is 0 Å². The number of likely N-dealkylation sites (tertiary alicyclic amines) is 1. The zero-order chi connectivity index (χ0) is 15.6. The van der Waals surface area contributed by atoms with Gasteiger partial charge in [0.05, 0.1) is 11.7 Å². The molecule has 0 saturated carbocycles. The molecule has 3 heterocycles. The molecule has 0 N–H and O–H groups in total. The highest BCUT2D eigenvalue weighted by Crippen LogP contribution is 2.31. The summed E-state index contributed by atoms with van der Waals surface area (Å²) in [4.78, 5) is 19.5. The van der Waals surface area contributed by atoms with E-state index in [9.17, 15) is 4.79 Å². The first-order valence-electron chi connectivity index (χ1n) is 8.02. The number of nitrogens with zero attached hydrogens (tertiary/aromatic N) is 2. The number of amides is 1. The zero-order valence-electron chi connectivity index (χ0n) is 12.8. The van der Waals surface area contributed by atoms with Crippen LogP contribution in [-0.4, -0.2) is 22.3 Å². The maximum atomic E-state index is 13.1. The summed E-state index contributed by atoms with van der Waals surface area (Å²) in [6.45, 7) is 0.807. The molecule has 1 amide bonds. The third kappa shape index (κ3) is 2.75. The molecule has 116 valence electrons. The van der Waals surface area contributed by atoms with Crippen LogP contribution in [-0.2, 0) is 0 Å². The highest BCUT2D eigenvalue weighted by molar-refractivity contribution is 7.17. The third-order valence-electron chi connectivity index (χ3n) is 4.49. The maximum absolute atomic E-state index is 13.1. The van der Waals surface area contributed by atoms with Gasteiger partial charge in [-0.2, -0.15) is 0 Å². The topological polar surface area (TPSA) is 33.2 Å². The number of hydrogen-bond donors (Lipinski definition) is 0. The number of pyridine rings is 1. The van der Waals surface area contributed by atoms with Crippen molar-refractivity contribution in [3.63, 3.8) is 0 Å². The lowest BCUT2D eigenvalue weighted by Crippen LogP contribution is -2.38. The van der Waals surface area contributed by atoms with E-state index in [1.54, 1.807) is 11.3 Å². The number of fused-ring (bicyclic) bond motifs is 1. The average Bonchev–Trinajstić information content (AvgIpc) is 3.09. The van der Waals surface area contributed by atoms with Crippen molar-refractivity contribution in [2.75, 3.05) is 6.54 Å². The van der Waals surface area contributed by atoms with Crippen LogP contribution in [0, 0.1) is 0 Å². The smallest absolute Gasteiger partial charge is 0.254 e. The Kier molecular flexibility index (Phi) is 3.83. The van der Waals surface area contributed by atoms with Crippen molar-refractivity contribution >= 4 is 27.3 Å². The minimum absolute atomic E-state index is 0.0932. The fourth-order valence-corrected chi connectivity index (χ4v) is 4.09. The van der Waals surface area contributed by atoms with Crippen LogP contribution >= 0.6 is 11.3 Å². The number of hydrogen-bond acceptors (Lipinski definition) is 3. The number of piperidine rings is 1. The van der Waals surface area contributed by atoms with Gasteiger partial charge >= 0.3 is 0 Å². The molecular weight excluding hydrogens is 304 g/mol. The first kappa shape index (κ1) is 14.4. The molecule has 23 heavy (non-hydrogen) atoms. The van der Waals surface area contributed by atoms with Gasteiger partial charge in [0.15, 0.2) is 0 Å². The Hall–Kier alpha value is -2.20. The summed E-state index contributed by atoms with van der Waals surface area (Å²) in [5.41, 5.74) is 1.77. The SMILES string of the molecule is O=C(c1ccc2sccc2c1)N1CCCCC1c1ccccn1. The van der Waals surface area contributed by atoms with E-state index >= 15 is 0 Å². The van der Waals surface area contributed by atoms with E-state index in [4.69, 9.17) is 0 Å². The number of aromatic nitrogens is 1. The highest BCUT2D eigenvalue weighted by atomic mass is 32.1. The summed E-state index contributed by atoms with van der Waals surface area (Å²) < 4.78 is 1.22. The molecule has 3 nitrogen and oxygen atoms in total. The van der Waals surface area contributed by atoms with E-state index in [-0.39, 0.29) is 11.9 Å². The molecule has 1 aromatic carbocycles. The Bertz CT molecular complexity index is 828. The van der Waals surface area contributed by atoms with Crippen molar-refractivity contribution in [3.8, 4) is 0 Å². The first-order valence-corrected chi connectivity index (χ1v) is 8.90. The Balaban J connectivity index is 1.67. The summed E-state index contributed by atoms with van der Waals surface area (Å²) >= 11 is 1.71. The summed E-state index contributed by atoms with van der Waals surface area (Å²) in [5, 5.41) is 3.21. The van der Waals surface area contributed by atoms with Crippen LogP contribution in [0.25, 0.3) is 10.1 Å². The summed E-state index contributed by atoms with van der Waals surface area (Å²) in [6, 6.07) is 14.1. The Morgan fingerprint density at radius 3 is 3.00 bits per heavy atom. The number of carbonyl (C=O) groups is 1. The van der Waals surface area contributed by atoms with Gasteiger partial charge in [-0.3, -0.25) is 9.78 Å². The van der Waals surface area contributed by atoms with Crippen LogP contribution in [0.4, 0.5) is 0 Å². The van der Waals surface area contributed by atoms with Crippen LogP contribution < -0.4 is 0 Å². The van der Waals surface area contributed by atoms with Gasteiger partial charge in [-0.05, 0) is 66.4 Å². The van der Waals surface area contributed by atoms with E-state index in [1.165, 1.54) is 4.70 Å². The van der Waals surface area contributed by atoms with Crippen molar-refractivity contribution < 1.29 is 4.79 Å². The molecule has 1 aliphatic rings. The largest absolute Gasteiger partial charge is 0.330 e. The normalized spacial score (nSPS) is 18.3.